The molecule has 190 valence electrons. The third kappa shape index (κ3) is 5.81. The Balaban J connectivity index is 2.09. The monoisotopic (exact) mass is 484 g/mol. The summed E-state index contributed by atoms with van der Waals surface area (Å²) in [7, 11) is 6.20. The topological polar surface area (TPSA) is 86.3 Å². The fraction of sp³-hybridized carbons (Fsp3) is 0.481. The second kappa shape index (κ2) is 11.8. The molecule has 0 bridgehead atoms. The lowest BCUT2D eigenvalue weighted by atomic mass is 9.83. The normalized spacial score (nSPS) is 17.8. The molecular formula is C27H36N2O6. The van der Waals surface area contributed by atoms with Gasteiger partial charge in [-0.15, -0.1) is 0 Å². The van der Waals surface area contributed by atoms with Crippen LogP contribution in [-0.4, -0.2) is 46.8 Å². The zero-order valence-corrected chi connectivity index (χ0v) is 21.4. The number of rotatable bonds is 10. The molecule has 0 aromatic heterocycles. The molecule has 0 radical (unpaired) electrons. The fourth-order valence-electron chi connectivity index (χ4n) is 4.48. The number of methoxy groups -OCH3 is 4. The number of benzene rings is 2. The van der Waals surface area contributed by atoms with Crippen LogP contribution in [0.2, 0.25) is 0 Å². The van der Waals surface area contributed by atoms with E-state index in [0.717, 1.165) is 12.0 Å². The third-order valence-electron chi connectivity index (χ3n) is 6.34. The van der Waals surface area contributed by atoms with Crippen molar-refractivity contribution in [2.45, 2.75) is 39.2 Å². The van der Waals surface area contributed by atoms with Crippen molar-refractivity contribution in [3.8, 4) is 23.0 Å². The van der Waals surface area contributed by atoms with Gasteiger partial charge in [0.25, 0.3) is 0 Å². The summed E-state index contributed by atoms with van der Waals surface area (Å²) >= 11 is 0. The summed E-state index contributed by atoms with van der Waals surface area (Å²) in [6.07, 6.45) is 1.61. The Morgan fingerprint density at radius 3 is 2.14 bits per heavy atom. The molecule has 2 aromatic carbocycles. The number of nitrogens with zero attached hydrogens (tertiary/aromatic N) is 1. The molecule has 1 fully saturated rings. The van der Waals surface area contributed by atoms with Crippen LogP contribution in [0.1, 0.15) is 44.7 Å². The SMILES string of the molecule is COc1ccc([C@H]2[C@H](C(=O)NCCC(C)C)CCC(=O)N2c2cc(OC)c(OC)c(OC)c2)cc1. The van der Waals surface area contributed by atoms with E-state index in [1.165, 1.54) is 21.3 Å². The highest BCUT2D eigenvalue weighted by molar-refractivity contribution is 5.98. The van der Waals surface area contributed by atoms with Gasteiger partial charge < -0.3 is 29.2 Å². The molecule has 3 rings (SSSR count). The molecule has 1 saturated heterocycles. The van der Waals surface area contributed by atoms with Crippen LogP contribution in [0.25, 0.3) is 0 Å². The second-order valence-corrected chi connectivity index (χ2v) is 8.98. The van der Waals surface area contributed by atoms with Crippen LogP contribution in [0.15, 0.2) is 36.4 Å². The molecule has 0 saturated carbocycles. The van der Waals surface area contributed by atoms with Gasteiger partial charge in [-0.2, -0.15) is 0 Å². The first kappa shape index (κ1) is 26.2. The predicted octanol–water partition coefficient (Wildman–Crippen LogP) is 4.37. The minimum absolute atomic E-state index is 0.0589. The maximum absolute atomic E-state index is 13.4. The van der Waals surface area contributed by atoms with E-state index in [1.54, 1.807) is 24.1 Å². The molecule has 0 spiro atoms. The Morgan fingerprint density at radius 2 is 1.63 bits per heavy atom. The molecule has 0 unspecified atom stereocenters. The van der Waals surface area contributed by atoms with Crippen LogP contribution in [0.5, 0.6) is 23.0 Å². The Hall–Kier alpha value is -3.42. The molecule has 8 heteroatoms. The lowest BCUT2D eigenvalue weighted by Crippen LogP contribution is -2.48. The molecule has 1 aliphatic heterocycles. The van der Waals surface area contributed by atoms with Crippen molar-refractivity contribution in [2.24, 2.45) is 11.8 Å². The van der Waals surface area contributed by atoms with Crippen LogP contribution in [0, 0.1) is 11.8 Å². The summed E-state index contributed by atoms with van der Waals surface area (Å²) in [6, 6.07) is 10.5. The van der Waals surface area contributed by atoms with Crippen molar-refractivity contribution >= 4 is 17.5 Å². The Kier molecular flexibility index (Phi) is 8.84. The van der Waals surface area contributed by atoms with E-state index in [1.807, 2.05) is 24.3 Å². The lowest BCUT2D eigenvalue weighted by Gasteiger charge is -2.41. The van der Waals surface area contributed by atoms with E-state index in [2.05, 4.69) is 19.2 Å². The number of carbonyl (C=O) groups excluding carboxylic acids is 2. The van der Waals surface area contributed by atoms with Crippen molar-refractivity contribution in [3.63, 3.8) is 0 Å². The number of hydrogen-bond acceptors (Lipinski definition) is 6. The van der Waals surface area contributed by atoms with Crippen molar-refractivity contribution in [1.29, 1.82) is 0 Å². The van der Waals surface area contributed by atoms with Gasteiger partial charge in [0.05, 0.1) is 46.1 Å². The molecule has 35 heavy (non-hydrogen) atoms. The molecule has 2 amide bonds. The molecular weight excluding hydrogens is 448 g/mol. The number of anilines is 1. The standard InChI is InChI=1S/C27H36N2O6/c1-17(2)13-14-28-27(31)21-11-12-24(30)29(25(21)18-7-9-20(32-3)10-8-18)19-15-22(33-4)26(35-6)23(16-19)34-5/h7-10,15-17,21,25H,11-14H2,1-6H3,(H,28,31)/t21-,25+/m1/s1. The number of nitrogens with one attached hydrogen (secondary N) is 1. The second-order valence-electron chi connectivity index (χ2n) is 8.98. The van der Waals surface area contributed by atoms with Crippen LogP contribution in [0.3, 0.4) is 0 Å². The van der Waals surface area contributed by atoms with Gasteiger partial charge in [0.2, 0.25) is 17.6 Å². The van der Waals surface area contributed by atoms with E-state index in [-0.39, 0.29) is 18.2 Å². The van der Waals surface area contributed by atoms with E-state index in [4.69, 9.17) is 18.9 Å². The molecule has 1 aliphatic rings. The van der Waals surface area contributed by atoms with Crippen LogP contribution >= 0.6 is 0 Å². The van der Waals surface area contributed by atoms with Gasteiger partial charge in [-0.3, -0.25) is 9.59 Å². The molecule has 2 atom stereocenters. The summed E-state index contributed by atoms with van der Waals surface area (Å²) in [6.45, 7) is 4.84. The van der Waals surface area contributed by atoms with Gasteiger partial charge in [0, 0.05) is 25.1 Å². The van der Waals surface area contributed by atoms with E-state index in [0.29, 0.717) is 47.6 Å². The molecule has 0 aliphatic carbocycles. The van der Waals surface area contributed by atoms with Crippen molar-refractivity contribution in [2.75, 3.05) is 39.9 Å². The zero-order valence-electron chi connectivity index (χ0n) is 21.4. The number of hydrogen-bond donors (Lipinski definition) is 1. The van der Waals surface area contributed by atoms with Gasteiger partial charge in [-0.1, -0.05) is 26.0 Å². The largest absolute Gasteiger partial charge is 0.497 e. The molecule has 2 aromatic rings. The highest BCUT2D eigenvalue weighted by Gasteiger charge is 2.42. The summed E-state index contributed by atoms with van der Waals surface area (Å²) in [4.78, 5) is 28.4. The number of piperidine rings is 1. The highest BCUT2D eigenvalue weighted by Crippen LogP contribution is 2.46. The lowest BCUT2D eigenvalue weighted by molar-refractivity contribution is -0.129. The van der Waals surface area contributed by atoms with Crippen LogP contribution < -0.4 is 29.2 Å². The van der Waals surface area contributed by atoms with Gasteiger partial charge in [0.1, 0.15) is 5.75 Å². The fourth-order valence-corrected chi connectivity index (χ4v) is 4.48. The molecule has 8 nitrogen and oxygen atoms in total. The first-order chi connectivity index (χ1) is 16.8. The summed E-state index contributed by atoms with van der Waals surface area (Å²) in [5.41, 5.74) is 1.42. The van der Waals surface area contributed by atoms with Crippen molar-refractivity contribution < 1.29 is 28.5 Å². The van der Waals surface area contributed by atoms with E-state index in [9.17, 15) is 9.59 Å². The summed E-state index contributed by atoms with van der Waals surface area (Å²) in [5.74, 6) is 1.94. The van der Waals surface area contributed by atoms with E-state index < -0.39 is 12.0 Å². The predicted molar refractivity (Wildman–Crippen MR) is 135 cm³/mol. The number of ether oxygens (including phenoxy) is 4. The van der Waals surface area contributed by atoms with Gasteiger partial charge in [-0.25, -0.2) is 0 Å². The Bertz CT molecular complexity index is 996. The maximum atomic E-state index is 13.4. The average Bonchev–Trinajstić information content (AvgIpc) is 2.87. The van der Waals surface area contributed by atoms with Crippen LogP contribution in [-0.2, 0) is 9.59 Å². The minimum atomic E-state index is -0.510. The Labute approximate surface area is 207 Å². The van der Waals surface area contributed by atoms with Crippen LogP contribution in [0.4, 0.5) is 5.69 Å². The molecule has 1 N–H and O–H groups in total. The first-order valence-electron chi connectivity index (χ1n) is 11.9. The smallest absolute Gasteiger partial charge is 0.227 e. The quantitative estimate of drug-likeness (QED) is 0.539. The average molecular weight is 485 g/mol. The Morgan fingerprint density at radius 1 is 1.00 bits per heavy atom. The van der Waals surface area contributed by atoms with Gasteiger partial charge in [0.15, 0.2) is 11.5 Å². The van der Waals surface area contributed by atoms with Crippen molar-refractivity contribution in [1.82, 2.24) is 5.32 Å². The number of amides is 2. The zero-order chi connectivity index (χ0) is 25.5. The number of carbonyl (C=O) groups is 2. The highest BCUT2D eigenvalue weighted by atomic mass is 16.5. The van der Waals surface area contributed by atoms with Crippen molar-refractivity contribution in [3.05, 3.63) is 42.0 Å². The summed E-state index contributed by atoms with van der Waals surface area (Å²) < 4.78 is 21.8. The maximum Gasteiger partial charge on any atom is 0.227 e. The van der Waals surface area contributed by atoms with Gasteiger partial charge >= 0.3 is 0 Å². The molecule has 1 heterocycles. The van der Waals surface area contributed by atoms with E-state index >= 15 is 0 Å². The summed E-state index contributed by atoms with van der Waals surface area (Å²) in [5, 5.41) is 3.09. The first-order valence-corrected chi connectivity index (χ1v) is 11.9. The minimum Gasteiger partial charge on any atom is -0.497 e. The third-order valence-corrected chi connectivity index (χ3v) is 6.34. The van der Waals surface area contributed by atoms with Gasteiger partial charge in [-0.05, 0) is 36.5 Å².